The number of aromatic nitrogens is 2. The zero-order valence-corrected chi connectivity index (χ0v) is 9.99. The van der Waals surface area contributed by atoms with E-state index < -0.39 is 0 Å². The topological polar surface area (TPSA) is 55.0 Å². The normalized spacial score (nSPS) is 12.6. The van der Waals surface area contributed by atoms with Gasteiger partial charge in [0, 0.05) is 25.0 Å². The van der Waals surface area contributed by atoms with Gasteiger partial charge in [-0.2, -0.15) is 0 Å². The molecule has 0 amide bonds. The van der Waals surface area contributed by atoms with Crippen molar-refractivity contribution in [3.63, 3.8) is 0 Å². The lowest BCUT2D eigenvalue weighted by Crippen LogP contribution is -2.29. The summed E-state index contributed by atoms with van der Waals surface area (Å²) in [7, 11) is 2.00. The number of hydrogen-bond donors (Lipinski definition) is 1. The van der Waals surface area contributed by atoms with Crippen molar-refractivity contribution in [1.29, 1.82) is 0 Å². The molecule has 0 radical (unpaired) electrons. The number of rotatable bonds is 4. The van der Waals surface area contributed by atoms with Crippen LogP contribution >= 0.6 is 0 Å². The van der Waals surface area contributed by atoms with Gasteiger partial charge in [-0.3, -0.25) is 0 Å². The molecule has 0 aliphatic rings. The maximum atomic E-state index is 5.59. The lowest BCUT2D eigenvalue weighted by Gasteiger charge is -2.21. The van der Waals surface area contributed by atoms with Crippen molar-refractivity contribution < 1.29 is 0 Å². The second-order valence-electron chi connectivity index (χ2n) is 4.17. The monoisotopic (exact) mass is 208 g/mol. The number of nitrogens with two attached hydrogens (primary N) is 1. The lowest BCUT2D eigenvalue weighted by atomic mass is 10.2. The van der Waals surface area contributed by atoms with Crippen LogP contribution in [0.5, 0.6) is 0 Å². The van der Waals surface area contributed by atoms with Crippen LogP contribution in [0.3, 0.4) is 0 Å². The van der Waals surface area contributed by atoms with Gasteiger partial charge in [0.15, 0.2) is 0 Å². The van der Waals surface area contributed by atoms with Crippen molar-refractivity contribution in [3.05, 3.63) is 17.5 Å². The Labute approximate surface area is 91.5 Å². The molecule has 0 saturated heterocycles. The molecule has 1 heterocycles. The van der Waals surface area contributed by atoms with Crippen molar-refractivity contribution in [2.24, 2.45) is 11.7 Å². The summed E-state index contributed by atoms with van der Waals surface area (Å²) in [6.45, 7) is 7.67. The number of aryl methyl sites for hydroxylation is 2. The van der Waals surface area contributed by atoms with Gasteiger partial charge in [0.25, 0.3) is 0 Å². The van der Waals surface area contributed by atoms with Crippen LogP contribution in [0.1, 0.15) is 18.3 Å². The van der Waals surface area contributed by atoms with Crippen molar-refractivity contribution >= 4 is 5.95 Å². The van der Waals surface area contributed by atoms with Gasteiger partial charge < -0.3 is 10.6 Å². The Bertz CT molecular complexity index is 304. The minimum Gasteiger partial charge on any atom is -0.344 e. The van der Waals surface area contributed by atoms with Gasteiger partial charge in [-0.05, 0) is 32.4 Å². The van der Waals surface area contributed by atoms with Crippen LogP contribution in [0.15, 0.2) is 6.07 Å². The third-order valence-corrected chi connectivity index (χ3v) is 2.30. The maximum absolute atomic E-state index is 5.59. The highest BCUT2D eigenvalue weighted by molar-refractivity contribution is 5.30. The minimum atomic E-state index is 0.458. The van der Waals surface area contributed by atoms with Crippen molar-refractivity contribution in [2.45, 2.75) is 20.8 Å². The van der Waals surface area contributed by atoms with E-state index in [1.807, 2.05) is 27.0 Å². The molecule has 15 heavy (non-hydrogen) atoms. The summed E-state index contributed by atoms with van der Waals surface area (Å²) in [5.74, 6) is 1.24. The molecule has 1 rings (SSSR count). The van der Waals surface area contributed by atoms with E-state index in [9.17, 15) is 0 Å². The molecule has 1 atom stereocenters. The molecule has 4 nitrogen and oxygen atoms in total. The Kier molecular flexibility index (Phi) is 4.03. The van der Waals surface area contributed by atoms with E-state index in [2.05, 4.69) is 21.8 Å². The quantitative estimate of drug-likeness (QED) is 0.805. The molecule has 0 aliphatic carbocycles. The van der Waals surface area contributed by atoms with E-state index in [0.29, 0.717) is 12.5 Å². The van der Waals surface area contributed by atoms with E-state index >= 15 is 0 Å². The van der Waals surface area contributed by atoms with E-state index in [1.54, 1.807) is 0 Å². The molecule has 1 aromatic rings. The van der Waals surface area contributed by atoms with Gasteiger partial charge in [-0.15, -0.1) is 0 Å². The molecular formula is C11H20N4. The third-order valence-electron chi connectivity index (χ3n) is 2.30. The van der Waals surface area contributed by atoms with Gasteiger partial charge in [0.2, 0.25) is 5.95 Å². The van der Waals surface area contributed by atoms with Gasteiger partial charge >= 0.3 is 0 Å². The highest BCUT2D eigenvalue weighted by Gasteiger charge is 2.08. The predicted octanol–water partition coefficient (Wildman–Crippen LogP) is 1.12. The van der Waals surface area contributed by atoms with E-state index in [4.69, 9.17) is 5.73 Å². The summed E-state index contributed by atoms with van der Waals surface area (Å²) >= 11 is 0. The van der Waals surface area contributed by atoms with Crippen LogP contribution in [-0.2, 0) is 0 Å². The average molecular weight is 208 g/mol. The summed E-state index contributed by atoms with van der Waals surface area (Å²) in [6.07, 6.45) is 0. The first-order chi connectivity index (χ1) is 7.02. The van der Waals surface area contributed by atoms with Gasteiger partial charge in [0.05, 0.1) is 0 Å². The fraction of sp³-hybridized carbons (Fsp3) is 0.636. The maximum Gasteiger partial charge on any atom is 0.225 e. The van der Waals surface area contributed by atoms with E-state index in [0.717, 1.165) is 23.9 Å². The summed E-state index contributed by atoms with van der Waals surface area (Å²) in [5.41, 5.74) is 7.60. The van der Waals surface area contributed by atoms with Crippen LogP contribution in [0, 0.1) is 19.8 Å². The zero-order chi connectivity index (χ0) is 11.4. The Morgan fingerprint density at radius 3 is 2.33 bits per heavy atom. The predicted molar refractivity (Wildman–Crippen MR) is 63.0 cm³/mol. The molecule has 84 valence electrons. The first-order valence-corrected chi connectivity index (χ1v) is 5.26. The van der Waals surface area contributed by atoms with Gasteiger partial charge in [-0.25, -0.2) is 9.97 Å². The Morgan fingerprint density at radius 1 is 1.33 bits per heavy atom. The number of hydrogen-bond acceptors (Lipinski definition) is 4. The molecule has 0 spiro atoms. The first-order valence-electron chi connectivity index (χ1n) is 5.26. The number of nitrogens with zero attached hydrogens (tertiary/aromatic N) is 3. The van der Waals surface area contributed by atoms with Crippen LogP contribution in [0.2, 0.25) is 0 Å². The molecule has 0 aliphatic heterocycles. The Balaban J connectivity index is 2.77. The second-order valence-corrected chi connectivity index (χ2v) is 4.17. The summed E-state index contributed by atoms with van der Waals surface area (Å²) in [6, 6.07) is 1.98. The molecule has 0 saturated carbocycles. The van der Waals surface area contributed by atoms with Crippen molar-refractivity contribution in [1.82, 2.24) is 9.97 Å². The molecule has 1 aromatic heterocycles. The van der Waals surface area contributed by atoms with Crippen molar-refractivity contribution in [3.8, 4) is 0 Å². The Hall–Kier alpha value is -1.16. The number of anilines is 1. The molecule has 0 bridgehead atoms. The van der Waals surface area contributed by atoms with Gasteiger partial charge in [-0.1, -0.05) is 6.92 Å². The minimum absolute atomic E-state index is 0.458. The average Bonchev–Trinajstić information content (AvgIpc) is 2.16. The molecule has 4 heteroatoms. The van der Waals surface area contributed by atoms with Crippen LogP contribution in [0.25, 0.3) is 0 Å². The molecular weight excluding hydrogens is 188 g/mol. The molecule has 0 aromatic carbocycles. The highest BCUT2D eigenvalue weighted by Crippen LogP contribution is 2.09. The van der Waals surface area contributed by atoms with Crippen LogP contribution in [0.4, 0.5) is 5.95 Å². The Morgan fingerprint density at radius 2 is 1.87 bits per heavy atom. The van der Waals surface area contributed by atoms with Crippen LogP contribution in [-0.4, -0.2) is 30.1 Å². The SMILES string of the molecule is Cc1cc(C)nc(N(C)CC(C)CN)n1. The van der Waals surface area contributed by atoms with E-state index in [1.165, 1.54) is 0 Å². The highest BCUT2D eigenvalue weighted by atomic mass is 15.2. The fourth-order valence-corrected chi connectivity index (χ4v) is 1.50. The molecule has 2 N–H and O–H groups in total. The fourth-order valence-electron chi connectivity index (χ4n) is 1.50. The smallest absolute Gasteiger partial charge is 0.225 e. The second kappa shape index (κ2) is 5.07. The molecule has 0 fully saturated rings. The summed E-state index contributed by atoms with van der Waals surface area (Å²) in [5, 5.41) is 0. The zero-order valence-electron chi connectivity index (χ0n) is 9.99. The first kappa shape index (κ1) is 11.9. The van der Waals surface area contributed by atoms with E-state index in [-0.39, 0.29) is 0 Å². The summed E-state index contributed by atoms with van der Waals surface area (Å²) in [4.78, 5) is 10.8. The molecule has 1 unspecified atom stereocenters. The third kappa shape index (κ3) is 3.47. The van der Waals surface area contributed by atoms with Crippen molar-refractivity contribution in [2.75, 3.05) is 25.0 Å². The van der Waals surface area contributed by atoms with Gasteiger partial charge in [0.1, 0.15) is 0 Å². The summed E-state index contributed by atoms with van der Waals surface area (Å²) < 4.78 is 0. The standard InChI is InChI=1S/C11H20N4/c1-8(6-12)7-15(4)11-13-9(2)5-10(3)14-11/h5,8H,6-7,12H2,1-4H3. The lowest BCUT2D eigenvalue weighted by molar-refractivity contribution is 0.583. The largest absolute Gasteiger partial charge is 0.344 e. The van der Waals surface area contributed by atoms with Crippen LogP contribution < -0.4 is 10.6 Å².